The van der Waals surface area contributed by atoms with Crippen molar-refractivity contribution >= 4 is 0 Å². The molecule has 2 saturated heterocycles. The van der Waals surface area contributed by atoms with Crippen LogP contribution in [0, 0.1) is 18.8 Å². The van der Waals surface area contributed by atoms with Gasteiger partial charge in [-0.2, -0.15) is 0 Å². The van der Waals surface area contributed by atoms with Gasteiger partial charge in [-0.1, -0.05) is 0 Å². The first kappa shape index (κ1) is 10.5. The fraction of sp³-hybridized carbons (Fsp3) is 0.800. The Labute approximate surface area is 79.0 Å². The van der Waals surface area contributed by atoms with Crippen LogP contribution >= 0.6 is 0 Å². The quantitative estimate of drug-likeness (QED) is 0.600. The van der Waals surface area contributed by atoms with Crippen LogP contribution in [-0.2, 0) is 9.47 Å². The summed E-state index contributed by atoms with van der Waals surface area (Å²) >= 11 is 0. The lowest BCUT2D eigenvalue weighted by Crippen LogP contribution is -2.30. The van der Waals surface area contributed by atoms with Gasteiger partial charge >= 0.3 is 0 Å². The maximum Gasteiger partial charge on any atom is 0.0912 e. The van der Waals surface area contributed by atoms with Crippen molar-refractivity contribution in [2.24, 2.45) is 5.92 Å². The maximum absolute atomic E-state index is 9.34. The van der Waals surface area contributed by atoms with E-state index in [2.05, 4.69) is 12.8 Å². The Morgan fingerprint density at radius 3 is 2.69 bits per heavy atom. The van der Waals surface area contributed by atoms with E-state index >= 15 is 0 Å². The highest BCUT2D eigenvalue weighted by molar-refractivity contribution is 4.90. The molecule has 0 aromatic carbocycles. The monoisotopic (exact) mass is 184 g/mol. The third kappa shape index (κ3) is 2.02. The van der Waals surface area contributed by atoms with E-state index in [-0.39, 0.29) is 24.2 Å². The molecule has 2 aliphatic rings. The zero-order chi connectivity index (χ0) is 9.84. The molecule has 1 unspecified atom stereocenters. The maximum atomic E-state index is 9.34. The van der Waals surface area contributed by atoms with E-state index in [0.29, 0.717) is 6.61 Å². The van der Waals surface area contributed by atoms with Crippen molar-refractivity contribution in [2.45, 2.75) is 31.7 Å². The molecule has 13 heavy (non-hydrogen) atoms. The van der Waals surface area contributed by atoms with E-state index < -0.39 is 0 Å². The summed E-state index contributed by atoms with van der Waals surface area (Å²) < 4.78 is 10.9. The van der Waals surface area contributed by atoms with Gasteiger partial charge in [0.05, 0.1) is 24.9 Å². The van der Waals surface area contributed by atoms with Crippen LogP contribution in [0.2, 0.25) is 0 Å². The average molecular weight is 184 g/mol. The highest BCUT2D eigenvalue weighted by atomic mass is 16.6. The number of aliphatic hydroxyl groups excluding tert-OH is 1. The van der Waals surface area contributed by atoms with Crippen molar-refractivity contribution in [1.29, 1.82) is 0 Å². The van der Waals surface area contributed by atoms with Crippen LogP contribution in [0.25, 0.3) is 0 Å². The number of terminal acetylenes is 1. The van der Waals surface area contributed by atoms with E-state index in [1.54, 1.807) is 6.92 Å². The fourth-order valence-electron chi connectivity index (χ4n) is 1.91. The first-order valence-electron chi connectivity index (χ1n) is 4.53. The number of ether oxygens (including phenoxy) is 2. The summed E-state index contributed by atoms with van der Waals surface area (Å²) in [6.07, 6.45) is 9.11. The molecule has 0 radical (unpaired) electrons. The summed E-state index contributed by atoms with van der Waals surface area (Å²) in [6, 6.07) is 0. The van der Waals surface area contributed by atoms with Crippen molar-refractivity contribution < 1.29 is 14.6 Å². The second kappa shape index (κ2) is 4.61. The van der Waals surface area contributed by atoms with E-state index in [1.807, 2.05) is 0 Å². The molecule has 0 amide bonds. The zero-order valence-corrected chi connectivity index (χ0v) is 7.85. The zero-order valence-electron chi connectivity index (χ0n) is 7.85. The summed E-state index contributed by atoms with van der Waals surface area (Å²) in [5.41, 5.74) is 0. The minimum Gasteiger partial charge on any atom is -0.393 e. The standard InChI is InChI=1S/C8H14O3.C2H2/c1-5(9)6-4-11-7-2-3-10-8(6)7;1-2/h5-9H,2-4H2,1H3;1-2H/t5-,6?,7+,8+;/m0./s1. The first-order valence-corrected chi connectivity index (χ1v) is 4.53. The van der Waals surface area contributed by atoms with Crippen molar-refractivity contribution in [3.8, 4) is 12.8 Å². The number of hydrogen-bond acceptors (Lipinski definition) is 3. The lowest BCUT2D eigenvalue weighted by Gasteiger charge is -2.17. The van der Waals surface area contributed by atoms with Gasteiger partial charge < -0.3 is 14.6 Å². The Morgan fingerprint density at radius 1 is 1.38 bits per heavy atom. The minimum atomic E-state index is -0.303. The lowest BCUT2D eigenvalue weighted by atomic mass is 9.97. The summed E-state index contributed by atoms with van der Waals surface area (Å²) in [6.45, 7) is 3.25. The third-order valence-corrected chi connectivity index (χ3v) is 2.62. The van der Waals surface area contributed by atoms with Gasteiger partial charge in [0.1, 0.15) is 0 Å². The van der Waals surface area contributed by atoms with Crippen LogP contribution in [0.3, 0.4) is 0 Å². The van der Waals surface area contributed by atoms with Crippen molar-refractivity contribution in [2.75, 3.05) is 13.2 Å². The molecule has 0 aromatic heterocycles. The topological polar surface area (TPSA) is 38.7 Å². The molecule has 2 rings (SSSR count). The van der Waals surface area contributed by atoms with Gasteiger partial charge in [-0.05, 0) is 13.3 Å². The Morgan fingerprint density at radius 2 is 2.08 bits per heavy atom. The molecule has 2 heterocycles. The molecule has 3 nitrogen and oxygen atoms in total. The molecule has 0 bridgehead atoms. The highest BCUT2D eigenvalue weighted by Gasteiger charge is 2.43. The van der Waals surface area contributed by atoms with Gasteiger partial charge in [0, 0.05) is 12.5 Å². The average Bonchev–Trinajstić information content (AvgIpc) is 2.66. The fourth-order valence-corrected chi connectivity index (χ4v) is 1.91. The molecule has 1 N–H and O–H groups in total. The Bertz CT molecular complexity index is 176. The van der Waals surface area contributed by atoms with E-state index in [0.717, 1.165) is 13.0 Å². The van der Waals surface area contributed by atoms with E-state index in [9.17, 15) is 5.11 Å². The molecule has 3 heteroatoms. The smallest absolute Gasteiger partial charge is 0.0912 e. The summed E-state index contributed by atoms with van der Waals surface area (Å²) in [5, 5.41) is 9.34. The lowest BCUT2D eigenvalue weighted by molar-refractivity contribution is 0.0201. The van der Waals surface area contributed by atoms with E-state index in [1.165, 1.54) is 0 Å². The number of hydrogen-bond donors (Lipinski definition) is 1. The summed E-state index contributed by atoms with van der Waals surface area (Å²) in [5.74, 6) is 0.197. The molecular formula is C10H16O3. The predicted molar refractivity (Wildman–Crippen MR) is 49.2 cm³/mol. The molecule has 2 fully saturated rings. The minimum absolute atomic E-state index is 0.162. The number of aliphatic hydroxyl groups is 1. The Balaban J connectivity index is 0.000000396. The van der Waals surface area contributed by atoms with E-state index in [4.69, 9.17) is 9.47 Å². The van der Waals surface area contributed by atoms with Gasteiger partial charge in [0.25, 0.3) is 0 Å². The Hall–Kier alpha value is -0.560. The second-order valence-electron chi connectivity index (χ2n) is 3.40. The normalized spacial score (nSPS) is 38.9. The van der Waals surface area contributed by atoms with Gasteiger partial charge in [0.2, 0.25) is 0 Å². The Kier molecular flexibility index (Phi) is 3.73. The van der Waals surface area contributed by atoms with Crippen molar-refractivity contribution in [1.82, 2.24) is 0 Å². The molecule has 0 spiro atoms. The largest absolute Gasteiger partial charge is 0.393 e. The predicted octanol–water partition coefficient (Wildman–Crippen LogP) is 0.420. The van der Waals surface area contributed by atoms with Gasteiger partial charge in [-0.25, -0.2) is 0 Å². The second-order valence-corrected chi connectivity index (χ2v) is 3.40. The van der Waals surface area contributed by atoms with Gasteiger partial charge in [-0.15, -0.1) is 12.8 Å². The molecule has 2 aliphatic heterocycles. The molecule has 74 valence electrons. The number of fused-ring (bicyclic) bond motifs is 1. The van der Waals surface area contributed by atoms with Crippen molar-refractivity contribution in [3.05, 3.63) is 0 Å². The van der Waals surface area contributed by atoms with Crippen LogP contribution in [-0.4, -0.2) is 36.6 Å². The highest BCUT2D eigenvalue weighted by Crippen LogP contribution is 2.32. The molecule has 0 saturated carbocycles. The summed E-state index contributed by atoms with van der Waals surface area (Å²) in [4.78, 5) is 0. The molecule has 0 aromatic rings. The van der Waals surface area contributed by atoms with Crippen LogP contribution in [0.15, 0.2) is 0 Å². The summed E-state index contributed by atoms with van der Waals surface area (Å²) in [7, 11) is 0. The van der Waals surface area contributed by atoms with Crippen LogP contribution in [0.1, 0.15) is 13.3 Å². The van der Waals surface area contributed by atoms with Crippen LogP contribution in [0.5, 0.6) is 0 Å². The van der Waals surface area contributed by atoms with Crippen LogP contribution in [0.4, 0.5) is 0 Å². The molecule has 4 atom stereocenters. The SMILES string of the molecule is C#C.C[C@H](O)C1CO[C@@H]2CCO[C@H]12. The molecular weight excluding hydrogens is 168 g/mol. The third-order valence-electron chi connectivity index (χ3n) is 2.62. The first-order chi connectivity index (χ1) is 6.29. The van der Waals surface area contributed by atoms with Gasteiger partial charge in [-0.3, -0.25) is 0 Å². The molecule has 0 aliphatic carbocycles. The van der Waals surface area contributed by atoms with Gasteiger partial charge in [0.15, 0.2) is 0 Å². The van der Waals surface area contributed by atoms with Crippen molar-refractivity contribution in [3.63, 3.8) is 0 Å². The number of rotatable bonds is 1. The van der Waals surface area contributed by atoms with Crippen LogP contribution < -0.4 is 0 Å².